The summed E-state index contributed by atoms with van der Waals surface area (Å²) in [5.74, 6) is 0.586. The molecule has 8 nitrogen and oxygen atoms in total. The number of aryl methyl sites for hydroxylation is 1. The number of hydrogen-bond donors (Lipinski definition) is 3. The predicted octanol–water partition coefficient (Wildman–Crippen LogP) is 3.30. The maximum Gasteiger partial charge on any atom is 0.247 e. The fraction of sp³-hybridized carbons (Fsp3) is 0.633. The fourth-order valence-electron chi connectivity index (χ4n) is 4.93. The lowest BCUT2D eigenvalue weighted by atomic mass is 9.98. The SMILES string of the molecule is C=C(CN1CCOCC1)C(=O)NCC(NC(=O)[C@H](Cc1nc2ccc(CC)cc2s1)NC1CC1C)[C@@H](C)CC. The Morgan fingerprint density at radius 1 is 1.26 bits per heavy atom. The molecule has 2 aromatic rings. The van der Waals surface area contributed by atoms with Crippen LogP contribution in [0.25, 0.3) is 10.2 Å². The maximum absolute atomic E-state index is 13.7. The number of ether oxygens (including phenoxy) is 1. The normalized spacial score (nSPS) is 21.7. The van der Waals surface area contributed by atoms with Gasteiger partial charge in [-0.3, -0.25) is 14.5 Å². The van der Waals surface area contributed by atoms with Crippen molar-refractivity contribution in [1.29, 1.82) is 0 Å². The zero-order valence-corrected chi connectivity index (χ0v) is 24.7. The van der Waals surface area contributed by atoms with Crippen molar-refractivity contribution in [2.45, 2.75) is 71.5 Å². The highest BCUT2D eigenvalue weighted by Crippen LogP contribution is 2.30. The summed E-state index contributed by atoms with van der Waals surface area (Å²) in [6.07, 6.45) is 3.51. The Labute approximate surface area is 237 Å². The van der Waals surface area contributed by atoms with Crippen LogP contribution in [0.15, 0.2) is 30.4 Å². The van der Waals surface area contributed by atoms with E-state index in [1.165, 1.54) is 10.3 Å². The van der Waals surface area contributed by atoms with E-state index in [2.05, 4.69) is 73.3 Å². The largest absolute Gasteiger partial charge is 0.379 e. The van der Waals surface area contributed by atoms with Gasteiger partial charge in [0.2, 0.25) is 11.8 Å². The molecule has 0 bridgehead atoms. The molecule has 214 valence electrons. The molecule has 2 amide bonds. The third-order valence-electron chi connectivity index (χ3n) is 8.11. The predicted molar refractivity (Wildman–Crippen MR) is 158 cm³/mol. The molecule has 3 N–H and O–H groups in total. The highest BCUT2D eigenvalue weighted by Gasteiger charge is 2.37. The smallest absolute Gasteiger partial charge is 0.247 e. The molecule has 2 aliphatic rings. The number of hydrogen-bond acceptors (Lipinski definition) is 7. The first kappa shape index (κ1) is 29.6. The average molecular weight is 556 g/mol. The van der Waals surface area contributed by atoms with Crippen molar-refractivity contribution in [3.8, 4) is 0 Å². The lowest BCUT2D eigenvalue weighted by Crippen LogP contribution is -2.54. The molecule has 1 saturated carbocycles. The van der Waals surface area contributed by atoms with Crippen molar-refractivity contribution in [3.63, 3.8) is 0 Å². The summed E-state index contributed by atoms with van der Waals surface area (Å²) >= 11 is 1.67. The Morgan fingerprint density at radius 3 is 2.67 bits per heavy atom. The molecular weight excluding hydrogens is 510 g/mol. The van der Waals surface area contributed by atoms with Gasteiger partial charge in [0.1, 0.15) is 0 Å². The number of nitrogens with zero attached hydrogens (tertiary/aromatic N) is 2. The number of carbonyl (C=O) groups excluding carboxylic acids is 2. The summed E-state index contributed by atoms with van der Waals surface area (Å²) in [4.78, 5) is 33.5. The lowest BCUT2D eigenvalue weighted by Gasteiger charge is -2.29. The molecule has 1 aliphatic carbocycles. The number of benzene rings is 1. The number of fused-ring (bicyclic) bond motifs is 1. The van der Waals surface area contributed by atoms with Crippen LogP contribution in [0, 0.1) is 11.8 Å². The van der Waals surface area contributed by atoms with E-state index < -0.39 is 0 Å². The van der Waals surface area contributed by atoms with Crippen LogP contribution >= 0.6 is 11.3 Å². The number of rotatable bonds is 14. The highest BCUT2D eigenvalue weighted by atomic mass is 32.1. The third-order valence-corrected chi connectivity index (χ3v) is 9.15. The Morgan fingerprint density at radius 2 is 2.00 bits per heavy atom. The van der Waals surface area contributed by atoms with Gasteiger partial charge in [-0.1, -0.05) is 46.8 Å². The van der Waals surface area contributed by atoms with Crippen molar-refractivity contribution < 1.29 is 14.3 Å². The minimum Gasteiger partial charge on any atom is -0.379 e. The molecule has 1 aliphatic heterocycles. The Hall–Kier alpha value is -2.33. The molecule has 39 heavy (non-hydrogen) atoms. The molecular formula is C30H45N5O3S. The second-order valence-electron chi connectivity index (χ2n) is 11.2. The minimum atomic E-state index is -0.371. The van der Waals surface area contributed by atoms with Gasteiger partial charge in [0, 0.05) is 50.3 Å². The molecule has 4 rings (SSSR count). The summed E-state index contributed by atoms with van der Waals surface area (Å²) < 4.78 is 6.56. The topological polar surface area (TPSA) is 95.6 Å². The molecule has 0 radical (unpaired) electrons. The van der Waals surface area contributed by atoms with Crippen LogP contribution in [0.3, 0.4) is 0 Å². The number of nitrogens with one attached hydrogen (secondary N) is 3. The van der Waals surface area contributed by atoms with Crippen molar-refractivity contribution in [2.75, 3.05) is 39.4 Å². The van der Waals surface area contributed by atoms with E-state index in [9.17, 15) is 9.59 Å². The fourth-order valence-corrected chi connectivity index (χ4v) is 6.01. The van der Waals surface area contributed by atoms with Gasteiger partial charge in [-0.05, 0) is 42.4 Å². The third kappa shape index (κ3) is 8.33. The van der Waals surface area contributed by atoms with E-state index in [-0.39, 0.29) is 29.8 Å². The summed E-state index contributed by atoms with van der Waals surface area (Å²) in [5, 5.41) is 10.8. The van der Waals surface area contributed by atoms with E-state index in [0.717, 1.165) is 42.9 Å². The standard InChI is InChI=1S/C30H45N5O3S/c1-6-19(3)26(17-31-29(36)21(5)18-35-10-12-38-13-11-35)34-30(37)25(32-24-14-20(24)4)16-28-33-23-9-8-22(7-2)15-27(23)39-28/h8-9,15,19-20,24-26,32H,5-7,10-14,16-18H2,1-4H3,(H,31,36)(H,34,37)/t19-,20?,24?,25-,26?/m0/s1. The molecule has 1 saturated heterocycles. The van der Waals surface area contributed by atoms with Gasteiger partial charge in [-0.2, -0.15) is 0 Å². The summed E-state index contributed by atoms with van der Waals surface area (Å²) in [6, 6.07) is 6.22. The maximum atomic E-state index is 13.7. The lowest BCUT2D eigenvalue weighted by molar-refractivity contribution is -0.125. The second kappa shape index (κ2) is 13.8. The molecule has 1 aromatic heterocycles. The van der Waals surface area contributed by atoms with Crippen molar-refractivity contribution in [2.24, 2.45) is 11.8 Å². The molecule has 5 atom stereocenters. The van der Waals surface area contributed by atoms with E-state index >= 15 is 0 Å². The van der Waals surface area contributed by atoms with Gasteiger partial charge in [-0.15, -0.1) is 11.3 Å². The van der Waals surface area contributed by atoms with Crippen LogP contribution in [0.5, 0.6) is 0 Å². The van der Waals surface area contributed by atoms with Gasteiger partial charge in [0.15, 0.2) is 0 Å². The Bertz CT molecular complexity index is 1140. The van der Waals surface area contributed by atoms with Gasteiger partial charge in [-0.25, -0.2) is 4.98 Å². The van der Waals surface area contributed by atoms with E-state index in [1.807, 2.05) is 0 Å². The number of morpholine rings is 1. The number of aromatic nitrogens is 1. The van der Waals surface area contributed by atoms with E-state index in [4.69, 9.17) is 9.72 Å². The van der Waals surface area contributed by atoms with Crippen LogP contribution in [-0.4, -0.2) is 79.2 Å². The minimum absolute atomic E-state index is 0.0331. The quantitative estimate of drug-likeness (QED) is 0.310. The number of thiazole rings is 1. The van der Waals surface area contributed by atoms with Crippen LogP contribution in [-0.2, 0) is 27.2 Å². The Kier molecular flexibility index (Phi) is 10.5. The van der Waals surface area contributed by atoms with E-state index in [1.54, 1.807) is 11.3 Å². The van der Waals surface area contributed by atoms with Crippen molar-refractivity contribution in [1.82, 2.24) is 25.8 Å². The van der Waals surface area contributed by atoms with Crippen molar-refractivity contribution >= 4 is 33.4 Å². The monoisotopic (exact) mass is 555 g/mol. The first-order valence-corrected chi connectivity index (χ1v) is 15.3. The zero-order chi connectivity index (χ0) is 27.9. The van der Waals surface area contributed by atoms with Gasteiger partial charge in [0.25, 0.3) is 0 Å². The highest BCUT2D eigenvalue weighted by molar-refractivity contribution is 7.18. The van der Waals surface area contributed by atoms with Crippen LogP contribution in [0.2, 0.25) is 0 Å². The zero-order valence-electron chi connectivity index (χ0n) is 23.9. The van der Waals surface area contributed by atoms with Gasteiger partial charge >= 0.3 is 0 Å². The van der Waals surface area contributed by atoms with Crippen LogP contribution in [0.1, 0.15) is 51.1 Å². The summed E-state index contributed by atoms with van der Waals surface area (Å²) in [7, 11) is 0. The van der Waals surface area contributed by atoms with Crippen molar-refractivity contribution in [3.05, 3.63) is 40.9 Å². The molecule has 2 fully saturated rings. The molecule has 3 unspecified atom stereocenters. The average Bonchev–Trinajstić information content (AvgIpc) is 3.48. The molecule has 0 spiro atoms. The molecule has 1 aromatic carbocycles. The van der Waals surface area contributed by atoms with Crippen LogP contribution < -0.4 is 16.0 Å². The van der Waals surface area contributed by atoms with Gasteiger partial charge in [0.05, 0.1) is 34.5 Å². The number of amides is 2. The van der Waals surface area contributed by atoms with Gasteiger partial charge < -0.3 is 20.7 Å². The first-order chi connectivity index (χ1) is 18.8. The first-order valence-electron chi connectivity index (χ1n) is 14.5. The molecule has 9 heteroatoms. The van der Waals surface area contributed by atoms with E-state index in [0.29, 0.717) is 50.3 Å². The summed E-state index contributed by atoms with van der Waals surface area (Å²) in [5.41, 5.74) is 2.82. The Balaban J connectivity index is 1.38. The number of carbonyl (C=O) groups is 2. The molecule has 2 heterocycles. The van der Waals surface area contributed by atoms with Crippen LogP contribution in [0.4, 0.5) is 0 Å². The summed E-state index contributed by atoms with van der Waals surface area (Å²) in [6.45, 7) is 16.5. The second-order valence-corrected chi connectivity index (χ2v) is 12.3.